The third-order valence-electron chi connectivity index (χ3n) is 3.30. The van der Waals surface area contributed by atoms with Crippen LogP contribution in [0.3, 0.4) is 0 Å². The highest BCUT2D eigenvalue weighted by molar-refractivity contribution is 5.76. The predicted octanol–water partition coefficient (Wildman–Crippen LogP) is 0.445. The van der Waals surface area contributed by atoms with Gasteiger partial charge in [-0.2, -0.15) is 0 Å². The van der Waals surface area contributed by atoms with Crippen LogP contribution in [-0.4, -0.2) is 31.9 Å². The molecule has 3 rings (SSSR count). The van der Waals surface area contributed by atoms with E-state index in [0.29, 0.717) is 19.6 Å². The molecule has 19 heavy (non-hydrogen) atoms. The number of hydrogen-bond donors (Lipinski definition) is 1. The van der Waals surface area contributed by atoms with Gasteiger partial charge in [0.25, 0.3) is 0 Å². The molecule has 0 aromatic carbocycles. The van der Waals surface area contributed by atoms with E-state index in [1.54, 1.807) is 6.20 Å². The summed E-state index contributed by atoms with van der Waals surface area (Å²) >= 11 is 0. The number of nitrogens with zero attached hydrogens (tertiary/aromatic N) is 4. The first kappa shape index (κ1) is 11.7. The summed E-state index contributed by atoms with van der Waals surface area (Å²) in [4.78, 5) is 22.2. The van der Waals surface area contributed by atoms with E-state index in [1.807, 2.05) is 34.0 Å². The summed E-state index contributed by atoms with van der Waals surface area (Å²) in [6.45, 7) is 1.59. The molecule has 6 nitrogen and oxygen atoms in total. The smallest absolute Gasteiger partial charge is 0.242 e. The van der Waals surface area contributed by atoms with Crippen molar-refractivity contribution < 1.29 is 4.79 Å². The van der Waals surface area contributed by atoms with Crippen LogP contribution >= 0.6 is 0 Å². The number of anilines is 1. The number of nitrogen functional groups attached to an aromatic ring is 1. The van der Waals surface area contributed by atoms with Crippen molar-refractivity contribution in [2.45, 2.75) is 19.5 Å². The Balaban J connectivity index is 1.72. The molecule has 0 unspecified atom stereocenters. The van der Waals surface area contributed by atoms with Crippen molar-refractivity contribution in [1.82, 2.24) is 19.4 Å². The second kappa shape index (κ2) is 4.72. The maximum atomic E-state index is 12.2. The predicted molar refractivity (Wildman–Crippen MR) is 70.0 cm³/mol. The van der Waals surface area contributed by atoms with Gasteiger partial charge in [-0.25, -0.2) is 9.97 Å². The number of carbonyl (C=O) groups is 1. The lowest BCUT2D eigenvalue weighted by molar-refractivity contribution is -0.132. The summed E-state index contributed by atoms with van der Waals surface area (Å²) in [6, 6.07) is 3.82. The van der Waals surface area contributed by atoms with E-state index in [0.717, 1.165) is 17.7 Å². The SMILES string of the molecule is Nc1ncc2c(n1)CN(C(=O)Cn1cccc1)CC2. The third kappa shape index (κ3) is 2.42. The van der Waals surface area contributed by atoms with Gasteiger partial charge in [0.1, 0.15) is 6.54 Å². The molecule has 0 bridgehead atoms. The normalized spacial score (nSPS) is 14.2. The van der Waals surface area contributed by atoms with Gasteiger partial charge in [-0.3, -0.25) is 4.79 Å². The highest BCUT2D eigenvalue weighted by Gasteiger charge is 2.22. The number of aromatic nitrogens is 3. The van der Waals surface area contributed by atoms with Gasteiger partial charge >= 0.3 is 0 Å². The Morgan fingerprint density at radius 1 is 1.37 bits per heavy atom. The molecule has 2 aromatic rings. The lowest BCUT2D eigenvalue weighted by atomic mass is 10.1. The fourth-order valence-electron chi connectivity index (χ4n) is 2.26. The second-order valence-corrected chi connectivity index (χ2v) is 4.62. The topological polar surface area (TPSA) is 77.0 Å². The maximum Gasteiger partial charge on any atom is 0.242 e. The molecule has 3 heterocycles. The van der Waals surface area contributed by atoms with Crippen LogP contribution in [0.1, 0.15) is 11.3 Å². The molecule has 6 heteroatoms. The van der Waals surface area contributed by atoms with Gasteiger partial charge in [-0.15, -0.1) is 0 Å². The van der Waals surface area contributed by atoms with Crippen molar-refractivity contribution in [3.05, 3.63) is 42.0 Å². The Morgan fingerprint density at radius 2 is 2.16 bits per heavy atom. The van der Waals surface area contributed by atoms with Gasteiger partial charge in [-0.05, 0) is 24.1 Å². The maximum absolute atomic E-state index is 12.2. The number of amides is 1. The summed E-state index contributed by atoms with van der Waals surface area (Å²) in [5, 5.41) is 0. The van der Waals surface area contributed by atoms with Crippen LogP contribution in [0, 0.1) is 0 Å². The van der Waals surface area contributed by atoms with Crippen molar-refractivity contribution in [2.24, 2.45) is 0 Å². The fourth-order valence-corrected chi connectivity index (χ4v) is 2.26. The summed E-state index contributed by atoms with van der Waals surface area (Å²) in [5.41, 5.74) is 7.53. The van der Waals surface area contributed by atoms with Gasteiger partial charge < -0.3 is 15.2 Å². The third-order valence-corrected chi connectivity index (χ3v) is 3.30. The minimum atomic E-state index is 0.0963. The van der Waals surface area contributed by atoms with Crippen molar-refractivity contribution >= 4 is 11.9 Å². The van der Waals surface area contributed by atoms with Crippen LogP contribution in [-0.2, 0) is 24.3 Å². The number of nitrogens with two attached hydrogens (primary N) is 1. The Morgan fingerprint density at radius 3 is 2.95 bits per heavy atom. The molecule has 1 aliphatic heterocycles. The Labute approximate surface area is 110 Å². The average molecular weight is 257 g/mol. The minimum absolute atomic E-state index is 0.0963. The zero-order valence-electron chi connectivity index (χ0n) is 10.5. The largest absolute Gasteiger partial charge is 0.368 e. The van der Waals surface area contributed by atoms with Gasteiger partial charge in [0.05, 0.1) is 12.2 Å². The number of rotatable bonds is 2. The van der Waals surface area contributed by atoms with Gasteiger partial charge in [0.2, 0.25) is 11.9 Å². The summed E-state index contributed by atoms with van der Waals surface area (Å²) < 4.78 is 1.87. The van der Waals surface area contributed by atoms with Crippen LogP contribution in [0.5, 0.6) is 0 Å². The first-order valence-corrected chi connectivity index (χ1v) is 6.21. The van der Waals surface area contributed by atoms with E-state index >= 15 is 0 Å². The van der Waals surface area contributed by atoms with E-state index < -0.39 is 0 Å². The molecule has 0 aliphatic carbocycles. The number of carbonyl (C=O) groups excluding carboxylic acids is 1. The Kier molecular flexibility index (Phi) is 2.91. The van der Waals surface area contributed by atoms with Crippen LogP contribution in [0.25, 0.3) is 0 Å². The molecule has 2 aromatic heterocycles. The van der Waals surface area contributed by atoms with Crippen molar-refractivity contribution in [2.75, 3.05) is 12.3 Å². The van der Waals surface area contributed by atoms with E-state index in [2.05, 4.69) is 9.97 Å². The van der Waals surface area contributed by atoms with Gasteiger partial charge in [-0.1, -0.05) is 0 Å². The van der Waals surface area contributed by atoms with E-state index in [-0.39, 0.29) is 11.9 Å². The first-order valence-electron chi connectivity index (χ1n) is 6.21. The molecule has 0 radical (unpaired) electrons. The molecule has 1 amide bonds. The monoisotopic (exact) mass is 257 g/mol. The Hall–Kier alpha value is -2.37. The molecular formula is C13H15N5O. The molecule has 98 valence electrons. The van der Waals surface area contributed by atoms with E-state index in [4.69, 9.17) is 5.73 Å². The molecule has 0 saturated carbocycles. The molecule has 0 spiro atoms. The minimum Gasteiger partial charge on any atom is -0.368 e. The van der Waals surface area contributed by atoms with Crippen LogP contribution < -0.4 is 5.73 Å². The van der Waals surface area contributed by atoms with Crippen molar-refractivity contribution in [1.29, 1.82) is 0 Å². The highest BCUT2D eigenvalue weighted by atomic mass is 16.2. The average Bonchev–Trinajstić information content (AvgIpc) is 2.90. The zero-order chi connectivity index (χ0) is 13.2. The van der Waals surface area contributed by atoms with Gasteiger partial charge in [0.15, 0.2) is 0 Å². The molecule has 0 fully saturated rings. The lowest BCUT2D eigenvalue weighted by Crippen LogP contribution is -2.38. The van der Waals surface area contributed by atoms with Crippen molar-refractivity contribution in [3.8, 4) is 0 Å². The fraction of sp³-hybridized carbons (Fsp3) is 0.308. The molecule has 0 atom stereocenters. The zero-order valence-corrected chi connectivity index (χ0v) is 10.5. The highest BCUT2D eigenvalue weighted by Crippen LogP contribution is 2.17. The van der Waals surface area contributed by atoms with Crippen molar-refractivity contribution in [3.63, 3.8) is 0 Å². The summed E-state index contributed by atoms with van der Waals surface area (Å²) in [6.07, 6.45) is 6.31. The van der Waals surface area contributed by atoms with Gasteiger partial charge in [0, 0.05) is 25.1 Å². The quantitative estimate of drug-likeness (QED) is 0.847. The molecular weight excluding hydrogens is 242 g/mol. The van der Waals surface area contributed by atoms with E-state index in [9.17, 15) is 4.79 Å². The van der Waals surface area contributed by atoms with Crippen LogP contribution in [0.4, 0.5) is 5.95 Å². The second-order valence-electron chi connectivity index (χ2n) is 4.62. The van der Waals surface area contributed by atoms with Crippen LogP contribution in [0.15, 0.2) is 30.7 Å². The lowest BCUT2D eigenvalue weighted by Gasteiger charge is -2.28. The molecule has 2 N–H and O–H groups in total. The molecule has 0 saturated heterocycles. The number of hydrogen-bond acceptors (Lipinski definition) is 4. The standard InChI is InChI=1S/C13H15N5O/c14-13-15-7-10-3-6-18(8-11(10)16-13)12(19)9-17-4-1-2-5-17/h1-2,4-5,7H,3,6,8-9H2,(H2,14,15,16). The number of fused-ring (bicyclic) bond motifs is 1. The van der Waals surface area contributed by atoms with Crippen LogP contribution in [0.2, 0.25) is 0 Å². The van der Waals surface area contributed by atoms with E-state index in [1.165, 1.54) is 0 Å². The summed E-state index contributed by atoms with van der Waals surface area (Å²) in [7, 11) is 0. The first-order chi connectivity index (χ1) is 9.22. The summed E-state index contributed by atoms with van der Waals surface area (Å²) in [5.74, 6) is 0.359. The molecule has 1 aliphatic rings. The Bertz CT molecular complexity index is 593.